The molecule has 0 aliphatic rings. The summed E-state index contributed by atoms with van der Waals surface area (Å²) < 4.78 is 11.3. The van der Waals surface area contributed by atoms with E-state index in [1.165, 1.54) is 0 Å². The third kappa shape index (κ3) is 5.32. The minimum atomic E-state index is -0.399. The molecule has 0 radical (unpaired) electrons. The molecular weight excluding hydrogens is 430 g/mol. The van der Waals surface area contributed by atoms with E-state index in [9.17, 15) is 9.59 Å². The van der Waals surface area contributed by atoms with Gasteiger partial charge in [-0.05, 0) is 49.4 Å². The smallest absolute Gasteiger partial charge is 0.258 e. The number of carbonyl (C=O) groups is 1. The fraction of sp³-hybridized carbons (Fsp3) is 0.125. The van der Waals surface area contributed by atoms with Crippen LogP contribution in [-0.4, -0.2) is 22.5 Å². The number of amides is 1. The minimum Gasteiger partial charge on any atom is -0.455 e. The third-order valence-electron chi connectivity index (χ3n) is 4.60. The lowest BCUT2D eigenvalue weighted by Crippen LogP contribution is -2.20. The van der Waals surface area contributed by atoms with Gasteiger partial charge in [0.25, 0.3) is 5.56 Å². The summed E-state index contributed by atoms with van der Waals surface area (Å²) >= 11 is 6.09. The van der Waals surface area contributed by atoms with Crippen LogP contribution in [0, 0.1) is 6.92 Å². The summed E-state index contributed by atoms with van der Waals surface area (Å²) in [4.78, 5) is 31.5. The largest absolute Gasteiger partial charge is 0.455 e. The molecule has 1 aromatic heterocycles. The molecule has 1 heterocycles. The predicted molar refractivity (Wildman–Crippen MR) is 123 cm³/mol. The molecule has 0 fully saturated rings. The Bertz CT molecular complexity index is 1320. The quantitative estimate of drug-likeness (QED) is 0.421. The van der Waals surface area contributed by atoms with Crippen molar-refractivity contribution in [1.82, 2.24) is 9.97 Å². The summed E-state index contributed by atoms with van der Waals surface area (Å²) in [5.41, 5.74) is 1.84. The van der Waals surface area contributed by atoms with E-state index >= 15 is 0 Å². The minimum absolute atomic E-state index is 0.0181. The van der Waals surface area contributed by atoms with Gasteiger partial charge in [-0.1, -0.05) is 41.4 Å². The van der Waals surface area contributed by atoms with Crippen LogP contribution in [0.15, 0.2) is 71.5 Å². The molecule has 0 unspecified atom stereocenters. The highest BCUT2D eigenvalue weighted by molar-refractivity contribution is 6.31. The Hall–Kier alpha value is -3.68. The standard InChI is InChI=1S/C24H20ClN3O4/c1-15-6-9-17(10-7-15)32-21-11-8-16(25)12-20(21)27-23(29)14-31-13-22-26-19-5-3-2-4-18(19)24(30)28-22/h2-12H,13-14H2,1H3,(H,27,29)(H,26,28,30). The Morgan fingerprint density at radius 3 is 2.69 bits per heavy atom. The molecule has 0 saturated heterocycles. The Kier molecular flexibility index (Phi) is 6.49. The summed E-state index contributed by atoms with van der Waals surface area (Å²) in [6.45, 7) is 1.73. The van der Waals surface area contributed by atoms with Crippen LogP contribution in [0.25, 0.3) is 10.9 Å². The maximum Gasteiger partial charge on any atom is 0.258 e. The van der Waals surface area contributed by atoms with Gasteiger partial charge in [-0.15, -0.1) is 0 Å². The number of halogens is 1. The zero-order valence-electron chi connectivity index (χ0n) is 17.2. The van der Waals surface area contributed by atoms with Crippen LogP contribution in [0.4, 0.5) is 5.69 Å². The average molecular weight is 450 g/mol. The number of H-pyrrole nitrogens is 1. The number of hydrogen-bond acceptors (Lipinski definition) is 5. The number of para-hydroxylation sites is 1. The van der Waals surface area contributed by atoms with E-state index < -0.39 is 5.91 Å². The molecule has 0 atom stereocenters. The number of nitrogens with one attached hydrogen (secondary N) is 2. The number of aryl methyl sites for hydroxylation is 1. The summed E-state index contributed by atoms with van der Waals surface area (Å²) in [7, 11) is 0. The zero-order valence-corrected chi connectivity index (χ0v) is 18.0. The van der Waals surface area contributed by atoms with E-state index in [-0.39, 0.29) is 18.8 Å². The Morgan fingerprint density at radius 2 is 1.88 bits per heavy atom. The summed E-state index contributed by atoms with van der Waals surface area (Å²) in [5, 5.41) is 3.69. The molecule has 0 spiro atoms. The molecule has 1 amide bonds. The normalized spacial score (nSPS) is 10.8. The lowest BCUT2D eigenvalue weighted by Gasteiger charge is -2.13. The molecule has 8 heteroatoms. The summed E-state index contributed by atoms with van der Waals surface area (Å²) in [5.74, 6) is 1.03. The van der Waals surface area contributed by atoms with Gasteiger partial charge < -0.3 is 19.8 Å². The van der Waals surface area contributed by atoms with Crippen molar-refractivity contribution in [3.8, 4) is 11.5 Å². The number of fused-ring (bicyclic) bond motifs is 1. The van der Waals surface area contributed by atoms with Gasteiger partial charge in [0.15, 0.2) is 5.75 Å². The van der Waals surface area contributed by atoms with Crippen LogP contribution in [0.1, 0.15) is 11.4 Å². The zero-order chi connectivity index (χ0) is 22.5. The van der Waals surface area contributed by atoms with Crippen LogP contribution < -0.4 is 15.6 Å². The monoisotopic (exact) mass is 449 g/mol. The highest BCUT2D eigenvalue weighted by atomic mass is 35.5. The van der Waals surface area contributed by atoms with Gasteiger partial charge in [0.2, 0.25) is 5.91 Å². The van der Waals surface area contributed by atoms with Crippen molar-refractivity contribution in [2.45, 2.75) is 13.5 Å². The first kappa shape index (κ1) is 21.5. The summed E-state index contributed by atoms with van der Waals surface area (Å²) in [6.07, 6.45) is 0. The fourth-order valence-corrected chi connectivity index (χ4v) is 3.22. The molecule has 2 N–H and O–H groups in total. The molecule has 0 saturated carbocycles. The second-order valence-corrected chi connectivity index (χ2v) is 7.56. The molecule has 162 valence electrons. The van der Waals surface area contributed by atoms with Gasteiger partial charge in [-0.3, -0.25) is 9.59 Å². The lowest BCUT2D eigenvalue weighted by atomic mass is 10.2. The predicted octanol–water partition coefficient (Wildman–Crippen LogP) is 4.83. The van der Waals surface area contributed by atoms with Crippen molar-refractivity contribution in [2.75, 3.05) is 11.9 Å². The van der Waals surface area contributed by atoms with Gasteiger partial charge in [0.05, 0.1) is 16.6 Å². The number of aromatic nitrogens is 2. The average Bonchev–Trinajstić information content (AvgIpc) is 2.77. The van der Waals surface area contributed by atoms with Gasteiger partial charge in [0.1, 0.15) is 24.8 Å². The molecular formula is C24H20ClN3O4. The van der Waals surface area contributed by atoms with Crippen LogP contribution in [0.5, 0.6) is 11.5 Å². The van der Waals surface area contributed by atoms with E-state index in [1.807, 2.05) is 31.2 Å². The Balaban J connectivity index is 1.39. The molecule has 3 aromatic carbocycles. The fourth-order valence-electron chi connectivity index (χ4n) is 3.05. The number of ether oxygens (including phenoxy) is 2. The molecule has 7 nitrogen and oxygen atoms in total. The molecule has 32 heavy (non-hydrogen) atoms. The summed E-state index contributed by atoms with van der Waals surface area (Å²) in [6, 6.07) is 19.5. The van der Waals surface area contributed by atoms with Crippen LogP contribution in [-0.2, 0) is 16.1 Å². The van der Waals surface area contributed by atoms with Crippen LogP contribution >= 0.6 is 11.6 Å². The van der Waals surface area contributed by atoms with Crippen molar-refractivity contribution < 1.29 is 14.3 Å². The molecule has 0 aliphatic carbocycles. The van der Waals surface area contributed by atoms with Gasteiger partial charge in [-0.25, -0.2) is 4.98 Å². The van der Waals surface area contributed by atoms with Crippen molar-refractivity contribution >= 4 is 34.1 Å². The Morgan fingerprint density at radius 1 is 1.09 bits per heavy atom. The maximum absolute atomic E-state index is 12.4. The van der Waals surface area contributed by atoms with E-state index in [4.69, 9.17) is 21.1 Å². The van der Waals surface area contributed by atoms with Crippen LogP contribution in [0.3, 0.4) is 0 Å². The number of carbonyl (C=O) groups excluding carboxylic acids is 1. The van der Waals surface area contributed by atoms with E-state index in [1.54, 1.807) is 42.5 Å². The lowest BCUT2D eigenvalue weighted by molar-refractivity contribution is -0.121. The van der Waals surface area contributed by atoms with Gasteiger partial charge in [-0.2, -0.15) is 0 Å². The maximum atomic E-state index is 12.4. The first-order valence-electron chi connectivity index (χ1n) is 9.87. The number of nitrogens with zero attached hydrogens (tertiary/aromatic N) is 1. The van der Waals surface area contributed by atoms with Crippen molar-refractivity contribution in [3.63, 3.8) is 0 Å². The van der Waals surface area contributed by atoms with Crippen molar-refractivity contribution in [3.05, 3.63) is 93.5 Å². The van der Waals surface area contributed by atoms with Crippen molar-refractivity contribution in [1.29, 1.82) is 0 Å². The van der Waals surface area contributed by atoms with E-state index in [0.29, 0.717) is 38.9 Å². The van der Waals surface area contributed by atoms with Gasteiger partial charge in [0, 0.05) is 5.02 Å². The SMILES string of the molecule is Cc1ccc(Oc2ccc(Cl)cc2NC(=O)COCc2nc3ccccc3c(=O)[nH]2)cc1. The molecule has 0 bridgehead atoms. The number of hydrogen-bond donors (Lipinski definition) is 2. The number of benzene rings is 3. The highest BCUT2D eigenvalue weighted by Gasteiger charge is 2.11. The first-order valence-corrected chi connectivity index (χ1v) is 10.3. The number of anilines is 1. The van der Waals surface area contributed by atoms with Gasteiger partial charge >= 0.3 is 0 Å². The molecule has 4 rings (SSSR count). The topological polar surface area (TPSA) is 93.3 Å². The van der Waals surface area contributed by atoms with Crippen molar-refractivity contribution in [2.24, 2.45) is 0 Å². The van der Waals surface area contributed by atoms with Crippen LogP contribution in [0.2, 0.25) is 5.02 Å². The second kappa shape index (κ2) is 9.64. The second-order valence-electron chi connectivity index (χ2n) is 7.13. The number of aromatic amines is 1. The third-order valence-corrected chi connectivity index (χ3v) is 4.83. The first-order chi connectivity index (χ1) is 15.5. The number of rotatable bonds is 7. The highest BCUT2D eigenvalue weighted by Crippen LogP contribution is 2.32. The van der Waals surface area contributed by atoms with E-state index in [2.05, 4.69) is 15.3 Å². The molecule has 4 aromatic rings. The van der Waals surface area contributed by atoms with E-state index in [0.717, 1.165) is 5.56 Å². The Labute approximate surface area is 189 Å². The molecule has 0 aliphatic heterocycles.